The molecule has 188 valence electrons. The lowest BCUT2D eigenvalue weighted by atomic mass is 10.1. The number of nitrogens with zero attached hydrogens (tertiary/aromatic N) is 2. The Kier molecular flexibility index (Phi) is 8.91. The molecule has 0 aliphatic heterocycles. The second kappa shape index (κ2) is 11.7. The molecule has 35 heavy (non-hydrogen) atoms. The quantitative estimate of drug-likeness (QED) is 0.381. The van der Waals surface area contributed by atoms with Gasteiger partial charge in [0.05, 0.1) is 26.6 Å². The van der Waals surface area contributed by atoms with E-state index in [4.69, 9.17) is 14.2 Å². The Labute approximate surface area is 212 Å². The molecule has 1 unspecified atom stereocenters. The van der Waals surface area contributed by atoms with E-state index in [2.05, 4.69) is 88.2 Å². The maximum absolute atomic E-state index is 6.03. The molecular weight excluding hydrogens is 455 g/mol. The van der Waals surface area contributed by atoms with Crippen LogP contribution in [0.2, 0.25) is 0 Å². The third kappa shape index (κ3) is 5.21. The summed E-state index contributed by atoms with van der Waals surface area (Å²) in [7, 11) is 12.5. The number of anilines is 2. The lowest BCUT2D eigenvalue weighted by molar-refractivity contribution is 0.380. The molecule has 0 heterocycles. The molecule has 0 aliphatic carbocycles. The van der Waals surface area contributed by atoms with Crippen LogP contribution in [0.25, 0.3) is 0 Å². The minimum absolute atomic E-state index is 0.714. The third-order valence-electron chi connectivity index (χ3n) is 6.28. The van der Waals surface area contributed by atoms with E-state index in [1.165, 1.54) is 33.1 Å². The van der Waals surface area contributed by atoms with Gasteiger partial charge in [-0.25, -0.2) is 0 Å². The molecule has 0 N–H and O–H groups in total. The van der Waals surface area contributed by atoms with Gasteiger partial charge in [0.2, 0.25) is 0 Å². The molecular formula is C29H39N2O3P. The summed E-state index contributed by atoms with van der Waals surface area (Å²) in [6, 6.07) is 17.2. The number of ether oxygens (including phenoxy) is 3. The molecule has 3 rings (SSSR count). The van der Waals surface area contributed by atoms with Crippen LogP contribution in [-0.2, 0) is 12.8 Å². The Morgan fingerprint density at radius 2 is 1.09 bits per heavy atom. The van der Waals surface area contributed by atoms with E-state index in [1.54, 1.807) is 21.3 Å². The Morgan fingerprint density at radius 1 is 0.629 bits per heavy atom. The minimum atomic E-state index is -1.07. The highest BCUT2D eigenvalue weighted by molar-refractivity contribution is 7.81. The van der Waals surface area contributed by atoms with E-state index >= 15 is 0 Å². The van der Waals surface area contributed by atoms with Gasteiger partial charge in [-0.1, -0.05) is 38.1 Å². The van der Waals surface area contributed by atoms with Gasteiger partial charge in [-0.05, 0) is 49.3 Å². The Morgan fingerprint density at radius 3 is 1.46 bits per heavy atom. The summed E-state index contributed by atoms with van der Waals surface area (Å²) in [6.07, 6.45) is 1.90. The number of hydrogen-bond acceptors (Lipinski definition) is 5. The van der Waals surface area contributed by atoms with Crippen molar-refractivity contribution in [1.82, 2.24) is 0 Å². The maximum atomic E-state index is 6.03. The summed E-state index contributed by atoms with van der Waals surface area (Å²) in [4.78, 5) is 4.42. The van der Waals surface area contributed by atoms with E-state index < -0.39 is 7.92 Å². The van der Waals surface area contributed by atoms with Crippen LogP contribution in [0.1, 0.15) is 25.0 Å². The molecule has 0 saturated heterocycles. The first-order chi connectivity index (χ1) is 16.8. The average Bonchev–Trinajstić information content (AvgIpc) is 2.88. The first-order valence-corrected chi connectivity index (χ1v) is 13.3. The molecule has 5 nitrogen and oxygen atoms in total. The summed E-state index contributed by atoms with van der Waals surface area (Å²) in [5, 5.41) is 3.74. The molecule has 0 saturated carbocycles. The van der Waals surface area contributed by atoms with Gasteiger partial charge in [-0.15, -0.1) is 0 Å². The second-order valence-electron chi connectivity index (χ2n) is 8.78. The summed E-state index contributed by atoms with van der Waals surface area (Å²) < 4.78 is 17.7. The first-order valence-electron chi connectivity index (χ1n) is 12.0. The fourth-order valence-electron chi connectivity index (χ4n) is 4.52. The van der Waals surface area contributed by atoms with Crippen LogP contribution in [0, 0.1) is 0 Å². The molecule has 0 amide bonds. The molecule has 0 aromatic heterocycles. The summed E-state index contributed by atoms with van der Waals surface area (Å²) in [5.74, 6) is 2.27. The standard InChI is InChI=1S/C29H39N2O3P/c1-10-20-14-12-15-21(11-2)27(20)35(28-23(30(3)4)16-13-17-24(28)31(5)6)29-25(33-8)18-22(32-7)19-26(29)34-9/h12-19H,10-11H2,1-9H3. The summed E-state index contributed by atoms with van der Waals surface area (Å²) in [5.41, 5.74) is 5.09. The van der Waals surface area contributed by atoms with Crippen molar-refractivity contribution < 1.29 is 14.2 Å². The van der Waals surface area contributed by atoms with E-state index in [1.807, 2.05) is 12.1 Å². The van der Waals surface area contributed by atoms with Gasteiger partial charge in [0.15, 0.2) is 0 Å². The van der Waals surface area contributed by atoms with Crippen LogP contribution in [0.15, 0.2) is 48.5 Å². The van der Waals surface area contributed by atoms with Gasteiger partial charge < -0.3 is 24.0 Å². The summed E-state index contributed by atoms with van der Waals surface area (Å²) >= 11 is 0. The van der Waals surface area contributed by atoms with Crippen LogP contribution in [0.3, 0.4) is 0 Å². The van der Waals surface area contributed by atoms with Crippen molar-refractivity contribution in [2.75, 3.05) is 59.3 Å². The van der Waals surface area contributed by atoms with Crippen LogP contribution < -0.4 is 39.9 Å². The zero-order valence-corrected chi connectivity index (χ0v) is 23.5. The van der Waals surface area contributed by atoms with Crippen LogP contribution >= 0.6 is 7.92 Å². The predicted molar refractivity (Wildman–Crippen MR) is 152 cm³/mol. The van der Waals surface area contributed by atoms with E-state index in [-0.39, 0.29) is 0 Å². The molecule has 0 bridgehead atoms. The van der Waals surface area contributed by atoms with Crippen LogP contribution in [-0.4, -0.2) is 49.5 Å². The number of benzene rings is 3. The fourth-order valence-corrected chi connectivity index (χ4v) is 7.99. The van der Waals surface area contributed by atoms with E-state index in [0.29, 0.717) is 5.75 Å². The van der Waals surface area contributed by atoms with Crippen molar-refractivity contribution in [3.05, 3.63) is 59.7 Å². The Bertz CT molecular complexity index is 1090. The Balaban J connectivity index is 2.59. The first kappa shape index (κ1) is 26.7. The smallest absolute Gasteiger partial charge is 0.134 e. The molecule has 1 atom stereocenters. The molecule has 0 spiro atoms. The van der Waals surface area contributed by atoms with Gasteiger partial charge in [-0.3, -0.25) is 0 Å². The van der Waals surface area contributed by atoms with Crippen molar-refractivity contribution in [3.8, 4) is 17.2 Å². The SMILES string of the molecule is CCc1cccc(CC)c1P(c1c(OC)cc(OC)cc1OC)c1c(N(C)C)cccc1N(C)C. The van der Waals surface area contributed by atoms with Crippen LogP contribution in [0.4, 0.5) is 11.4 Å². The number of aryl methyl sites for hydroxylation is 2. The second-order valence-corrected chi connectivity index (χ2v) is 10.8. The van der Waals surface area contributed by atoms with E-state index in [9.17, 15) is 0 Å². The third-order valence-corrected chi connectivity index (χ3v) is 9.10. The normalized spacial score (nSPS) is 11.7. The zero-order chi connectivity index (χ0) is 25.7. The van der Waals surface area contributed by atoms with Crippen LogP contribution in [0.5, 0.6) is 17.2 Å². The molecule has 0 fully saturated rings. The highest BCUT2D eigenvalue weighted by Gasteiger charge is 2.33. The monoisotopic (exact) mass is 494 g/mol. The molecule has 0 aliphatic rings. The van der Waals surface area contributed by atoms with Gasteiger partial charge in [0.1, 0.15) is 17.2 Å². The lowest BCUT2D eigenvalue weighted by Crippen LogP contribution is -2.33. The largest absolute Gasteiger partial charge is 0.496 e. The van der Waals surface area contributed by atoms with Gasteiger partial charge in [0, 0.05) is 57.0 Å². The minimum Gasteiger partial charge on any atom is -0.496 e. The highest BCUT2D eigenvalue weighted by Crippen LogP contribution is 2.48. The topological polar surface area (TPSA) is 34.2 Å². The maximum Gasteiger partial charge on any atom is 0.134 e. The number of methoxy groups -OCH3 is 3. The molecule has 3 aromatic carbocycles. The van der Waals surface area contributed by atoms with E-state index in [0.717, 1.165) is 29.6 Å². The lowest BCUT2D eigenvalue weighted by Gasteiger charge is -2.33. The molecule has 3 aromatic rings. The van der Waals surface area contributed by atoms with Crippen molar-refractivity contribution in [3.63, 3.8) is 0 Å². The number of hydrogen-bond donors (Lipinski definition) is 0. The molecule has 6 heteroatoms. The highest BCUT2D eigenvalue weighted by atomic mass is 31.1. The number of rotatable bonds is 10. The van der Waals surface area contributed by atoms with Crippen molar-refractivity contribution in [2.24, 2.45) is 0 Å². The van der Waals surface area contributed by atoms with Gasteiger partial charge in [0.25, 0.3) is 0 Å². The molecule has 0 radical (unpaired) electrons. The van der Waals surface area contributed by atoms with Gasteiger partial charge in [-0.2, -0.15) is 0 Å². The van der Waals surface area contributed by atoms with Gasteiger partial charge >= 0.3 is 0 Å². The summed E-state index contributed by atoms with van der Waals surface area (Å²) in [6.45, 7) is 4.47. The fraction of sp³-hybridized carbons (Fsp3) is 0.379. The zero-order valence-electron chi connectivity index (χ0n) is 22.6. The van der Waals surface area contributed by atoms with Crippen molar-refractivity contribution in [2.45, 2.75) is 26.7 Å². The predicted octanol–water partition coefficient (Wildman–Crippen LogP) is 4.73. The average molecular weight is 495 g/mol. The van der Waals surface area contributed by atoms with Crippen molar-refractivity contribution >= 4 is 35.2 Å². The van der Waals surface area contributed by atoms with Crippen molar-refractivity contribution in [1.29, 1.82) is 0 Å². The Hall–Kier alpha value is -2.91.